The molecular formula is C10H11F3N2O2. The van der Waals surface area contributed by atoms with Crippen molar-refractivity contribution in [1.82, 2.24) is 10.3 Å². The molecule has 0 radical (unpaired) electrons. The predicted octanol–water partition coefficient (Wildman–Crippen LogP) is 1.43. The summed E-state index contributed by atoms with van der Waals surface area (Å²) in [6.45, 7) is -0.573. The summed E-state index contributed by atoms with van der Waals surface area (Å²) >= 11 is 0. The van der Waals surface area contributed by atoms with Crippen molar-refractivity contribution < 1.29 is 23.1 Å². The maximum atomic E-state index is 12.3. The Balaban J connectivity index is 2.46. The molecule has 17 heavy (non-hydrogen) atoms. The lowest BCUT2D eigenvalue weighted by molar-refractivity contribution is -0.192. The van der Waals surface area contributed by atoms with Crippen LogP contribution in [0.4, 0.5) is 13.2 Å². The van der Waals surface area contributed by atoms with Crippen LogP contribution in [0.25, 0.3) is 0 Å². The predicted molar refractivity (Wildman–Crippen MR) is 53.1 cm³/mol. The van der Waals surface area contributed by atoms with Gasteiger partial charge in [-0.15, -0.1) is 0 Å². The van der Waals surface area contributed by atoms with Crippen molar-refractivity contribution in [3.63, 3.8) is 0 Å². The molecule has 0 spiro atoms. The summed E-state index contributed by atoms with van der Waals surface area (Å²) < 4.78 is 36.8. The second kappa shape index (κ2) is 5.62. The molecule has 0 aliphatic heterocycles. The first-order valence-corrected chi connectivity index (χ1v) is 4.81. The topological polar surface area (TPSA) is 62.2 Å². The smallest absolute Gasteiger partial charge is 0.403 e. The van der Waals surface area contributed by atoms with Gasteiger partial charge in [-0.25, -0.2) is 0 Å². The number of hydrogen-bond donors (Lipinski definition) is 2. The minimum absolute atomic E-state index is 0.0979. The first-order valence-electron chi connectivity index (χ1n) is 4.81. The van der Waals surface area contributed by atoms with Gasteiger partial charge in [-0.1, -0.05) is 6.07 Å². The van der Waals surface area contributed by atoms with Crippen LogP contribution in [0.3, 0.4) is 0 Å². The molecule has 1 rings (SSSR count). The zero-order valence-electron chi connectivity index (χ0n) is 8.74. The summed E-state index contributed by atoms with van der Waals surface area (Å²) in [5.41, 5.74) is 0.554. The quantitative estimate of drug-likeness (QED) is 0.827. The molecule has 94 valence electrons. The van der Waals surface area contributed by atoms with E-state index in [1.807, 2.05) is 0 Å². The third kappa shape index (κ3) is 4.39. The lowest BCUT2D eigenvalue weighted by atomic mass is 10.1. The summed E-state index contributed by atoms with van der Waals surface area (Å²) in [4.78, 5) is 14.3. The Bertz CT molecular complexity index is 368. The van der Waals surface area contributed by atoms with E-state index >= 15 is 0 Å². The van der Waals surface area contributed by atoms with Gasteiger partial charge in [0.25, 0.3) is 0 Å². The van der Waals surface area contributed by atoms with Crippen LogP contribution in [-0.2, 0) is 11.3 Å². The minimum atomic E-state index is -4.75. The maximum absolute atomic E-state index is 12.3. The molecule has 1 aromatic rings. The molecule has 0 amide bonds. The number of aromatic nitrogens is 1. The van der Waals surface area contributed by atoms with E-state index in [0.29, 0.717) is 5.69 Å². The molecule has 4 nitrogen and oxygen atoms in total. The Hall–Kier alpha value is -1.63. The van der Waals surface area contributed by atoms with Crippen LogP contribution in [0.5, 0.6) is 0 Å². The van der Waals surface area contributed by atoms with Gasteiger partial charge in [0.2, 0.25) is 0 Å². The number of nitrogens with one attached hydrogen (secondary N) is 1. The van der Waals surface area contributed by atoms with E-state index in [2.05, 4.69) is 10.3 Å². The first kappa shape index (κ1) is 13.4. The van der Waals surface area contributed by atoms with Gasteiger partial charge in [0.1, 0.15) is 0 Å². The number of carbonyl (C=O) groups is 1. The van der Waals surface area contributed by atoms with Crippen LogP contribution in [0, 0.1) is 5.92 Å². The Kier molecular flexibility index (Phi) is 4.45. The van der Waals surface area contributed by atoms with Crippen molar-refractivity contribution in [1.29, 1.82) is 0 Å². The Morgan fingerprint density at radius 1 is 1.47 bits per heavy atom. The largest absolute Gasteiger partial charge is 0.481 e. The number of carboxylic acid groups (broad SMARTS) is 1. The summed E-state index contributed by atoms with van der Waals surface area (Å²) in [5.74, 6) is -4.28. The van der Waals surface area contributed by atoms with Crippen LogP contribution < -0.4 is 5.32 Å². The summed E-state index contributed by atoms with van der Waals surface area (Å²) in [5, 5.41) is 10.9. The van der Waals surface area contributed by atoms with Gasteiger partial charge in [0.15, 0.2) is 5.92 Å². The van der Waals surface area contributed by atoms with Crippen molar-refractivity contribution in [2.24, 2.45) is 5.92 Å². The van der Waals surface area contributed by atoms with E-state index in [-0.39, 0.29) is 6.54 Å². The number of halogens is 3. The van der Waals surface area contributed by atoms with E-state index in [4.69, 9.17) is 5.11 Å². The number of alkyl halides is 3. The van der Waals surface area contributed by atoms with Gasteiger partial charge in [-0.2, -0.15) is 13.2 Å². The van der Waals surface area contributed by atoms with Gasteiger partial charge < -0.3 is 10.4 Å². The third-order valence-electron chi connectivity index (χ3n) is 2.07. The highest BCUT2D eigenvalue weighted by Crippen LogP contribution is 2.25. The van der Waals surface area contributed by atoms with Crippen molar-refractivity contribution in [2.45, 2.75) is 12.7 Å². The summed E-state index contributed by atoms with van der Waals surface area (Å²) in [6, 6.07) is 5.01. The molecule has 7 heteroatoms. The fourth-order valence-corrected chi connectivity index (χ4v) is 1.19. The standard InChI is InChI=1S/C10H11F3N2O2/c11-10(12,13)8(9(16)17)6-14-5-7-3-1-2-4-15-7/h1-4,8,14H,5-6H2,(H,16,17). The lowest BCUT2D eigenvalue weighted by Gasteiger charge is -2.16. The molecule has 1 heterocycles. The van der Waals surface area contributed by atoms with Gasteiger partial charge in [0, 0.05) is 19.3 Å². The average Bonchev–Trinajstić information content (AvgIpc) is 2.23. The molecule has 1 unspecified atom stereocenters. The molecule has 0 aromatic carbocycles. The maximum Gasteiger partial charge on any atom is 0.403 e. The van der Waals surface area contributed by atoms with E-state index < -0.39 is 24.6 Å². The zero-order chi connectivity index (χ0) is 12.9. The fraction of sp³-hybridized carbons (Fsp3) is 0.400. The fourth-order valence-electron chi connectivity index (χ4n) is 1.19. The second-order valence-electron chi connectivity index (χ2n) is 3.38. The Morgan fingerprint density at radius 3 is 2.65 bits per heavy atom. The average molecular weight is 248 g/mol. The highest BCUT2D eigenvalue weighted by Gasteiger charge is 2.44. The molecule has 0 bridgehead atoms. The molecule has 2 N–H and O–H groups in total. The molecular weight excluding hydrogens is 237 g/mol. The Morgan fingerprint density at radius 2 is 2.18 bits per heavy atom. The Labute approximate surface area is 95.5 Å². The van der Waals surface area contributed by atoms with Gasteiger partial charge in [0.05, 0.1) is 5.69 Å². The number of pyridine rings is 1. The van der Waals surface area contributed by atoms with E-state index in [1.54, 1.807) is 18.2 Å². The van der Waals surface area contributed by atoms with E-state index in [9.17, 15) is 18.0 Å². The van der Waals surface area contributed by atoms with E-state index in [0.717, 1.165) is 0 Å². The number of nitrogens with zero attached hydrogens (tertiary/aromatic N) is 1. The molecule has 0 fully saturated rings. The highest BCUT2D eigenvalue weighted by atomic mass is 19.4. The normalized spacial score (nSPS) is 13.4. The van der Waals surface area contributed by atoms with Crippen LogP contribution in [-0.4, -0.2) is 28.8 Å². The van der Waals surface area contributed by atoms with Gasteiger partial charge >= 0.3 is 12.1 Å². The number of hydrogen-bond acceptors (Lipinski definition) is 3. The SMILES string of the molecule is O=C(O)C(CNCc1ccccn1)C(F)(F)F. The number of rotatable bonds is 5. The third-order valence-corrected chi connectivity index (χ3v) is 2.07. The highest BCUT2D eigenvalue weighted by molar-refractivity contribution is 5.71. The zero-order valence-corrected chi connectivity index (χ0v) is 8.74. The molecule has 0 saturated carbocycles. The molecule has 0 saturated heterocycles. The number of carboxylic acids is 1. The van der Waals surface area contributed by atoms with Crippen LogP contribution in [0.2, 0.25) is 0 Å². The number of aliphatic carboxylic acids is 1. The van der Waals surface area contributed by atoms with Crippen molar-refractivity contribution >= 4 is 5.97 Å². The monoisotopic (exact) mass is 248 g/mol. The minimum Gasteiger partial charge on any atom is -0.481 e. The molecule has 0 aliphatic carbocycles. The summed E-state index contributed by atoms with van der Waals surface area (Å²) in [7, 11) is 0. The van der Waals surface area contributed by atoms with Crippen molar-refractivity contribution in [3.05, 3.63) is 30.1 Å². The van der Waals surface area contributed by atoms with Crippen molar-refractivity contribution in [2.75, 3.05) is 6.54 Å². The molecule has 1 aromatic heterocycles. The van der Waals surface area contributed by atoms with E-state index in [1.165, 1.54) is 6.20 Å². The van der Waals surface area contributed by atoms with Crippen molar-refractivity contribution in [3.8, 4) is 0 Å². The first-order chi connectivity index (χ1) is 7.91. The van der Waals surface area contributed by atoms with Gasteiger partial charge in [-0.3, -0.25) is 9.78 Å². The van der Waals surface area contributed by atoms with Crippen LogP contribution in [0.15, 0.2) is 24.4 Å². The lowest BCUT2D eigenvalue weighted by Crippen LogP contribution is -2.38. The van der Waals surface area contributed by atoms with Gasteiger partial charge in [-0.05, 0) is 12.1 Å². The van der Waals surface area contributed by atoms with Crippen LogP contribution in [0.1, 0.15) is 5.69 Å². The molecule has 0 aliphatic rings. The second-order valence-corrected chi connectivity index (χ2v) is 3.38. The van der Waals surface area contributed by atoms with Crippen LogP contribution >= 0.6 is 0 Å². The summed E-state index contributed by atoms with van der Waals surface area (Å²) in [6.07, 6.45) is -3.24. The molecule has 1 atom stereocenters.